The molecule has 0 radical (unpaired) electrons. The van der Waals surface area contributed by atoms with Crippen LogP contribution in [0.2, 0.25) is 0 Å². The van der Waals surface area contributed by atoms with Crippen LogP contribution in [-0.4, -0.2) is 15.5 Å². The number of hydrogen-bond acceptors (Lipinski definition) is 3. The van der Waals surface area contributed by atoms with Crippen molar-refractivity contribution in [2.45, 2.75) is 23.3 Å². The van der Waals surface area contributed by atoms with Crippen molar-refractivity contribution in [1.82, 2.24) is 4.72 Å². The van der Waals surface area contributed by atoms with Gasteiger partial charge in [-0.3, -0.25) is 0 Å². The van der Waals surface area contributed by atoms with Crippen molar-refractivity contribution in [3.8, 4) is 5.75 Å². The minimum atomic E-state index is -3.50. The van der Waals surface area contributed by atoms with Crippen LogP contribution in [0.15, 0.2) is 59.5 Å². The Labute approximate surface area is 124 Å². The van der Waals surface area contributed by atoms with Gasteiger partial charge in [0.15, 0.2) is 0 Å². The minimum absolute atomic E-state index is 0.296. The molecular weight excluding hydrogens is 286 g/mol. The molecule has 4 nitrogen and oxygen atoms in total. The minimum Gasteiger partial charge on any atom is -0.497 e. The largest absolute Gasteiger partial charge is 0.497 e. The summed E-state index contributed by atoms with van der Waals surface area (Å²) in [6, 6.07) is 16.0. The molecule has 21 heavy (non-hydrogen) atoms. The van der Waals surface area contributed by atoms with Gasteiger partial charge in [0.1, 0.15) is 5.75 Å². The fraction of sp³-hybridized carbons (Fsp3) is 0.250. The Balaban J connectivity index is 1.86. The average Bonchev–Trinajstić information content (AvgIpc) is 3.28. The zero-order chi connectivity index (χ0) is 14.9. The summed E-state index contributed by atoms with van der Waals surface area (Å²) in [6.07, 6.45) is 1.62. The lowest BCUT2D eigenvalue weighted by molar-refractivity contribution is 0.414. The third-order valence-corrected chi connectivity index (χ3v) is 5.33. The molecule has 1 N–H and O–H groups in total. The van der Waals surface area contributed by atoms with Gasteiger partial charge in [0.25, 0.3) is 0 Å². The van der Waals surface area contributed by atoms with Gasteiger partial charge in [-0.05, 0) is 42.7 Å². The monoisotopic (exact) mass is 303 g/mol. The van der Waals surface area contributed by atoms with Crippen molar-refractivity contribution in [1.29, 1.82) is 0 Å². The maximum Gasteiger partial charge on any atom is 0.241 e. The summed E-state index contributed by atoms with van der Waals surface area (Å²) in [5.41, 5.74) is 0.504. The Morgan fingerprint density at radius 2 is 1.62 bits per heavy atom. The topological polar surface area (TPSA) is 55.4 Å². The maximum atomic E-state index is 12.4. The van der Waals surface area contributed by atoms with Crippen molar-refractivity contribution in [2.24, 2.45) is 0 Å². The highest BCUT2D eigenvalue weighted by Gasteiger charge is 2.47. The predicted octanol–water partition coefficient (Wildman–Crippen LogP) is 2.66. The number of rotatable bonds is 5. The molecule has 3 rings (SSSR count). The van der Waals surface area contributed by atoms with Gasteiger partial charge in [-0.2, -0.15) is 0 Å². The molecule has 1 aliphatic rings. The summed E-state index contributed by atoms with van der Waals surface area (Å²) in [4.78, 5) is 0.296. The second-order valence-corrected chi connectivity index (χ2v) is 6.91. The number of methoxy groups -OCH3 is 1. The first kappa shape index (κ1) is 14.1. The van der Waals surface area contributed by atoms with Crippen molar-refractivity contribution in [3.63, 3.8) is 0 Å². The lowest BCUT2D eigenvalue weighted by Crippen LogP contribution is -2.34. The Bertz CT molecular complexity index is 720. The molecule has 0 aromatic heterocycles. The van der Waals surface area contributed by atoms with Crippen molar-refractivity contribution in [2.75, 3.05) is 7.11 Å². The molecule has 0 aliphatic heterocycles. The lowest BCUT2D eigenvalue weighted by Gasteiger charge is -2.18. The van der Waals surface area contributed by atoms with Crippen LogP contribution in [0.5, 0.6) is 5.75 Å². The number of sulfonamides is 1. The normalized spacial score (nSPS) is 16.4. The molecule has 1 fully saturated rings. The van der Waals surface area contributed by atoms with E-state index in [-0.39, 0.29) is 0 Å². The van der Waals surface area contributed by atoms with Crippen LogP contribution in [0.3, 0.4) is 0 Å². The van der Waals surface area contributed by atoms with Crippen molar-refractivity contribution >= 4 is 10.0 Å². The lowest BCUT2D eigenvalue weighted by atomic mass is 10.1. The van der Waals surface area contributed by atoms with Crippen LogP contribution < -0.4 is 9.46 Å². The summed E-state index contributed by atoms with van der Waals surface area (Å²) >= 11 is 0. The van der Waals surface area contributed by atoms with E-state index in [9.17, 15) is 8.42 Å². The third-order valence-electron chi connectivity index (χ3n) is 3.78. The smallest absolute Gasteiger partial charge is 0.241 e. The molecule has 0 atom stereocenters. The highest BCUT2D eigenvalue weighted by Crippen LogP contribution is 2.46. The fourth-order valence-corrected chi connectivity index (χ4v) is 3.87. The zero-order valence-electron chi connectivity index (χ0n) is 11.7. The van der Waals surface area contributed by atoms with Crippen LogP contribution in [0, 0.1) is 0 Å². The van der Waals surface area contributed by atoms with E-state index in [2.05, 4.69) is 4.72 Å². The molecule has 110 valence electrons. The van der Waals surface area contributed by atoms with Gasteiger partial charge in [-0.15, -0.1) is 0 Å². The number of ether oxygens (including phenoxy) is 1. The standard InChI is InChI=1S/C16H17NO3S/c1-20-14-9-7-13(8-10-14)16(11-12-16)17-21(18,19)15-5-3-2-4-6-15/h2-10,17H,11-12H2,1H3. The van der Waals surface area contributed by atoms with E-state index in [4.69, 9.17) is 4.74 Å². The van der Waals surface area contributed by atoms with Crippen LogP contribution in [0.25, 0.3) is 0 Å². The predicted molar refractivity (Wildman–Crippen MR) is 80.7 cm³/mol. The van der Waals surface area contributed by atoms with E-state index in [0.717, 1.165) is 24.2 Å². The van der Waals surface area contributed by atoms with Gasteiger partial charge < -0.3 is 4.74 Å². The van der Waals surface area contributed by atoms with Gasteiger partial charge in [-0.25, -0.2) is 13.1 Å². The summed E-state index contributed by atoms with van der Waals surface area (Å²) < 4.78 is 32.9. The summed E-state index contributed by atoms with van der Waals surface area (Å²) in [5.74, 6) is 0.764. The molecule has 0 unspecified atom stereocenters. The Morgan fingerprint density at radius 1 is 1.00 bits per heavy atom. The van der Waals surface area contributed by atoms with Gasteiger partial charge in [0, 0.05) is 0 Å². The van der Waals surface area contributed by atoms with E-state index in [1.54, 1.807) is 37.4 Å². The van der Waals surface area contributed by atoms with Gasteiger partial charge in [0.05, 0.1) is 17.5 Å². The summed E-state index contributed by atoms with van der Waals surface area (Å²) in [7, 11) is -1.89. The molecule has 0 bridgehead atoms. The molecule has 0 amide bonds. The summed E-state index contributed by atoms with van der Waals surface area (Å²) in [5, 5.41) is 0. The molecular formula is C16H17NO3S. The Hall–Kier alpha value is -1.85. The van der Waals surface area contributed by atoms with Crippen LogP contribution in [0.4, 0.5) is 0 Å². The van der Waals surface area contributed by atoms with E-state index in [1.807, 2.05) is 24.3 Å². The molecule has 5 heteroatoms. The van der Waals surface area contributed by atoms with Crippen molar-refractivity contribution < 1.29 is 13.2 Å². The summed E-state index contributed by atoms with van der Waals surface area (Å²) in [6.45, 7) is 0. The second kappa shape index (κ2) is 5.16. The van der Waals surface area contributed by atoms with E-state index in [1.165, 1.54) is 0 Å². The highest BCUT2D eigenvalue weighted by atomic mass is 32.2. The second-order valence-electron chi connectivity index (χ2n) is 5.23. The van der Waals surface area contributed by atoms with E-state index < -0.39 is 15.6 Å². The third kappa shape index (κ3) is 2.80. The molecule has 1 aliphatic carbocycles. The fourth-order valence-electron chi connectivity index (χ4n) is 2.40. The van der Waals surface area contributed by atoms with Crippen LogP contribution in [0.1, 0.15) is 18.4 Å². The number of hydrogen-bond donors (Lipinski definition) is 1. The maximum absolute atomic E-state index is 12.4. The molecule has 2 aromatic carbocycles. The zero-order valence-corrected chi connectivity index (χ0v) is 12.6. The first-order valence-electron chi connectivity index (χ1n) is 6.79. The Kier molecular flexibility index (Phi) is 3.47. The molecule has 0 spiro atoms. The van der Waals surface area contributed by atoms with E-state index in [0.29, 0.717) is 4.90 Å². The molecule has 0 heterocycles. The van der Waals surface area contributed by atoms with Crippen LogP contribution in [-0.2, 0) is 15.6 Å². The first-order chi connectivity index (χ1) is 10.1. The van der Waals surface area contributed by atoms with Gasteiger partial charge in [-0.1, -0.05) is 30.3 Å². The van der Waals surface area contributed by atoms with Crippen molar-refractivity contribution in [3.05, 3.63) is 60.2 Å². The first-order valence-corrected chi connectivity index (χ1v) is 8.28. The number of benzene rings is 2. The van der Waals surface area contributed by atoms with Gasteiger partial charge in [0.2, 0.25) is 10.0 Å². The molecule has 1 saturated carbocycles. The van der Waals surface area contributed by atoms with Crippen LogP contribution >= 0.6 is 0 Å². The molecule has 0 saturated heterocycles. The molecule has 2 aromatic rings. The highest BCUT2D eigenvalue weighted by molar-refractivity contribution is 7.89. The van der Waals surface area contributed by atoms with Gasteiger partial charge >= 0.3 is 0 Å². The van der Waals surface area contributed by atoms with E-state index >= 15 is 0 Å². The Morgan fingerprint density at radius 3 is 2.14 bits per heavy atom. The number of nitrogens with one attached hydrogen (secondary N) is 1. The average molecular weight is 303 g/mol. The quantitative estimate of drug-likeness (QED) is 0.924. The SMILES string of the molecule is COc1ccc(C2(NS(=O)(=O)c3ccccc3)CC2)cc1.